The number of fused-ring (bicyclic) bond motifs is 7. The first-order valence-corrected chi connectivity index (χ1v) is 15.8. The number of hydrogen-bond acceptors (Lipinski definition) is 6. The minimum absolute atomic E-state index is 0.00648. The number of nitrogens with zero attached hydrogens (tertiary/aromatic N) is 1. The lowest BCUT2D eigenvalue weighted by Gasteiger charge is -2.24. The lowest BCUT2D eigenvalue weighted by atomic mass is 9.81. The van der Waals surface area contributed by atoms with Crippen molar-refractivity contribution in [1.82, 2.24) is 9.29 Å². The number of sulfonamides is 1. The number of nitrogens with one attached hydrogen (secondary N) is 1. The zero-order chi connectivity index (χ0) is 29.1. The number of rotatable bonds is 7. The lowest BCUT2D eigenvalue weighted by Crippen LogP contribution is -2.30. The van der Waals surface area contributed by atoms with Crippen LogP contribution >= 0.6 is 0 Å². The van der Waals surface area contributed by atoms with E-state index in [1.807, 2.05) is 19.1 Å². The zero-order valence-corrected chi connectivity index (χ0v) is 24.6. The normalized spacial score (nSPS) is 21.7. The van der Waals surface area contributed by atoms with Crippen LogP contribution in [0.15, 0.2) is 47.9 Å². The van der Waals surface area contributed by atoms with Crippen LogP contribution in [-0.2, 0) is 26.1 Å². The number of aromatic nitrogens is 1. The van der Waals surface area contributed by atoms with Crippen molar-refractivity contribution in [2.24, 2.45) is 5.41 Å². The molecule has 2 atom stereocenters. The molecule has 2 aliphatic carbocycles. The maximum Gasteiger partial charge on any atom is 0.314 e. The molecule has 1 aromatic heterocycles. The Balaban J connectivity index is 1.60. The van der Waals surface area contributed by atoms with E-state index < -0.39 is 21.3 Å². The van der Waals surface area contributed by atoms with E-state index in [2.05, 4.69) is 28.0 Å². The fraction of sp³-hybridized carbons (Fsp3) is 0.438. The molecule has 2 fully saturated rings. The molecule has 6 rings (SSSR count). The van der Waals surface area contributed by atoms with Crippen LogP contribution in [0.1, 0.15) is 85.7 Å². The van der Waals surface area contributed by atoms with Crippen molar-refractivity contribution in [3.8, 4) is 17.0 Å². The Morgan fingerprint density at radius 1 is 1.12 bits per heavy atom. The molecule has 9 heteroatoms. The van der Waals surface area contributed by atoms with E-state index in [-0.39, 0.29) is 22.4 Å². The molecule has 1 amide bonds. The number of amides is 1. The molecule has 0 saturated heterocycles. The highest BCUT2D eigenvalue weighted by molar-refractivity contribution is 7.93. The van der Waals surface area contributed by atoms with Crippen molar-refractivity contribution in [3.05, 3.63) is 64.6 Å². The van der Waals surface area contributed by atoms with Gasteiger partial charge in [0, 0.05) is 34.5 Å². The average Bonchev–Trinajstić information content (AvgIpc) is 3.63. The number of benzene rings is 2. The third kappa shape index (κ3) is 4.45. The summed E-state index contributed by atoms with van der Waals surface area (Å²) in [4.78, 5) is 26.5. The van der Waals surface area contributed by atoms with E-state index in [4.69, 9.17) is 9.47 Å². The monoisotopic (exact) mass is 576 g/mol. The molecule has 0 radical (unpaired) electrons. The standard InChI is InChI=1S/C32H36N2O6S/c1-5-40-31(36)32-17-26(32)25-16-22(39-4)12-14-23(25)29-28(20-9-7-6-8-10-20)24-13-11-21(15-27(24)34(29)18-32)30(35)33-41(37,38)19(2)3/h11-16,20,26H,2,5-10,17-18H2,1,3-4H3,(H,33,35)/t26-,32-/m0/s1. The van der Waals surface area contributed by atoms with Crippen LogP contribution in [0.3, 0.4) is 0 Å². The fourth-order valence-corrected chi connectivity index (χ4v) is 7.49. The Bertz CT molecular complexity index is 1700. The molecule has 1 aliphatic heterocycles. The predicted molar refractivity (Wildman–Crippen MR) is 157 cm³/mol. The summed E-state index contributed by atoms with van der Waals surface area (Å²) in [5, 5.41) is 1.03. The van der Waals surface area contributed by atoms with E-state index in [0.29, 0.717) is 25.5 Å². The molecule has 0 bridgehead atoms. The summed E-state index contributed by atoms with van der Waals surface area (Å²) in [6.07, 6.45) is 6.34. The van der Waals surface area contributed by atoms with E-state index >= 15 is 0 Å². The van der Waals surface area contributed by atoms with Gasteiger partial charge < -0.3 is 14.0 Å². The maximum atomic E-state index is 13.5. The van der Waals surface area contributed by atoms with Gasteiger partial charge in [-0.25, -0.2) is 13.1 Å². The smallest absolute Gasteiger partial charge is 0.314 e. The number of carbonyl (C=O) groups excluding carboxylic acids is 2. The molecule has 0 spiro atoms. The first kappa shape index (κ1) is 27.6. The largest absolute Gasteiger partial charge is 0.497 e. The van der Waals surface area contributed by atoms with Crippen LogP contribution in [0.5, 0.6) is 5.75 Å². The Morgan fingerprint density at radius 3 is 2.56 bits per heavy atom. The summed E-state index contributed by atoms with van der Waals surface area (Å²) >= 11 is 0. The number of esters is 1. The van der Waals surface area contributed by atoms with Gasteiger partial charge in [0.05, 0.1) is 29.7 Å². The van der Waals surface area contributed by atoms with Gasteiger partial charge >= 0.3 is 5.97 Å². The highest BCUT2D eigenvalue weighted by Crippen LogP contribution is 2.66. The van der Waals surface area contributed by atoms with Gasteiger partial charge in [-0.1, -0.05) is 31.9 Å². The first-order valence-electron chi connectivity index (χ1n) is 14.4. The maximum absolute atomic E-state index is 13.5. The molecule has 216 valence electrons. The van der Waals surface area contributed by atoms with Crippen molar-refractivity contribution >= 4 is 32.8 Å². The van der Waals surface area contributed by atoms with Gasteiger partial charge in [0.1, 0.15) is 5.75 Å². The molecule has 41 heavy (non-hydrogen) atoms. The molecular formula is C32H36N2O6S. The summed E-state index contributed by atoms with van der Waals surface area (Å²) in [6, 6.07) is 11.5. The number of allylic oxidation sites excluding steroid dienone is 1. The van der Waals surface area contributed by atoms with Crippen LogP contribution in [0.4, 0.5) is 0 Å². The second kappa shape index (κ2) is 10.0. The molecule has 2 saturated carbocycles. The van der Waals surface area contributed by atoms with Crippen LogP contribution in [-0.4, -0.2) is 38.6 Å². The molecule has 1 N–H and O–H groups in total. The molecule has 0 unspecified atom stereocenters. The molecule has 3 aliphatic rings. The number of methoxy groups -OCH3 is 1. The molecule has 8 nitrogen and oxygen atoms in total. The van der Waals surface area contributed by atoms with E-state index in [1.54, 1.807) is 19.2 Å². The molecular weight excluding hydrogens is 540 g/mol. The third-order valence-electron chi connectivity index (χ3n) is 9.15. The average molecular weight is 577 g/mol. The molecule has 3 aromatic rings. The minimum atomic E-state index is -3.98. The molecule has 2 aromatic carbocycles. The van der Waals surface area contributed by atoms with Crippen LogP contribution in [0.25, 0.3) is 22.2 Å². The van der Waals surface area contributed by atoms with Crippen LogP contribution in [0, 0.1) is 5.41 Å². The van der Waals surface area contributed by atoms with Gasteiger partial charge in [-0.2, -0.15) is 0 Å². The second-order valence-electron chi connectivity index (χ2n) is 11.6. The van der Waals surface area contributed by atoms with Crippen LogP contribution in [0.2, 0.25) is 0 Å². The van der Waals surface area contributed by atoms with Gasteiger partial charge in [0.25, 0.3) is 15.9 Å². The second-order valence-corrected chi connectivity index (χ2v) is 13.5. The zero-order valence-electron chi connectivity index (χ0n) is 23.8. The van der Waals surface area contributed by atoms with Crippen molar-refractivity contribution in [2.75, 3.05) is 13.7 Å². The summed E-state index contributed by atoms with van der Waals surface area (Å²) in [7, 11) is -2.34. The number of carbonyl (C=O) groups is 2. The Morgan fingerprint density at radius 2 is 1.88 bits per heavy atom. The van der Waals surface area contributed by atoms with E-state index in [9.17, 15) is 18.0 Å². The minimum Gasteiger partial charge on any atom is -0.497 e. The van der Waals surface area contributed by atoms with Gasteiger partial charge in [0.15, 0.2) is 0 Å². The Kier molecular flexibility index (Phi) is 6.76. The van der Waals surface area contributed by atoms with Crippen molar-refractivity contribution in [2.45, 2.75) is 70.8 Å². The Hall–Kier alpha value is -3.59. The van der Waals surface area contributed by atoms with Crippen molar-refractivity contribution in [1.29, 1.82) is 0 Å². The first-order chi connectivity index (χ1) is 19.6. The van der Waals surface area contributed by atoms with E-state index in [1.165, 1.54) is 18.9 Å². The van der Waals surface area contributed by atoms with E-state index in [0.717, 1.165) is 59.2 Å². The number of hydrogen-bond donors (Lipinski definition) is 1. The van der Waals surface area contributed by atoms with Crippen LogP contribution < -0.4 is 9.46 Å². The highest BCUT2D eigenvalue weighted by atomic mass is 32.2. The summed E-state index contributed by atoms with van der Waals surface area (Å²) in [6.45, 7) is 7.35. The summed E-state index contributed by atoms with van der Waals surface area (Å²) < 4.78 is 40.3. The van der Waals surface area contributed by atoms with Gasteiger partial charge in [-0.3, -0.25) is 9.59 Å². The lowest BCUT2D eigenvalue weighted by molar-refractivity contribution is -0.150. The molecule has 2 heterocycles. The van der Waals surface area contributed by atoms with Crippen molar-refractivity contribution in [3.63, 3.8) is 0 Å². The highest BCUT2D eigenvalue weighted by Gasteiger charge is 2.64. The number of ether oxygens (including phenoxy) is 2. The SMILES string of the molecule is C=C(C)S(=O)(=O)NC(=O)c1ccc2c(C3CCCCC3)c3n(c2c1)C[C@@]1(C(=O)OCC)C[C@H]1c1cc(OC)ccc1-3. The summed E-state index contributed by atoms with van der Waals surface area (Å²) in [5.41, 5.74) is 4.81. The van der Waals surface area contributed by atoms with Gasteiger partial charge in [0.2, 0.25) is 0 Å². The van der Waals surface area contributed by atoms with Gasteiger partial charge in [-0.05, 0) is 80.5 Å². The van der Waals surface area contributed by atoms with Gasteiger partial charge in [-0.15, -0.1) is 0 Å². The quantitative estimate of drug-likeness (QED) is 0.346. The third-order valence-corrected chi connectivity index (χ3v) is 10.5. The Labute approximate surface area is 240 Å². The topological polar surface area (TPSA) is 104 Å². The van der Waals surface area contributed by atoms with Crippen molar-refractivity contribution < 1.29 is 27.5 Å². The fourth-order valence-electron chi connectivity index (χ4n) is 6.95. The summed E-state index contributed by atoms with van der Waals surface area (Å²) in [5.74, 6) is 0.152. The predicted octanol–water partition coefficient (Wildman–Crippen LogP) is 6.01.